The normalized spacial score (nSPS) is 10.6. The van der Waals surface area contributed by atoms with Crippen LogP contribution in [0, 0.1) is 6.92 Å². The molecule has 0 saturated carbocycles. The minimum atomic E-state index is -1.10. The van der Waals surface area contributed by atoms with Gasteiger partial charge in [-0.25, -0.2) is 14.3 Å². The van der Waals surface area contributed by atoms with Crippen molar-refractivity contribution < 1.29 is 9.90 Å². The summed E-state index contributed by atoms with van der Waals surface area (Å²) in [6.45, 7) is 1.80. The van der Waals surface area contributed by atoms with Crippen LogP contribution < -0.4 is 5.73 Å². The third kappa shape index (κ3) is 1.17. The number of rotatable bonds is 1. The van der Waals surface area contributed by atoms with Gasteiger partial charge in [0.2, 0.25) is 5.95 Å². The first kappa shape index (κ1) is 8.49. The standard InChI is InChI=1S/C8H8N4O2/c1-4-2-5-3-6(7(13)14)10-8(9)12(5)11-4/h2-3H,1H3,(H2,9,10)(H,13,14). The Labute approximate surface area is 79.0 Å². The Kier molecular flexibility index (Phi) is 1.63. The van der Waals surface area contributed by atoms with Crippen LogP contribution in [0.3, 0.4) is 0 Å². The molecule has 2 aromatic heterocycles. The van der Waals surface area contributed by atoms with Gasteiger partial charge in [-0.15, -0.1) is 0 Å². The van der Waals surface area contributed by atoms with E-state index in [9.17, 15) is 4.79 Å². The Morgan fingerprint density at radius 3 is 2.93 bits per heavy atom. The lowest BCUT2D eigenvalue weighted by Crippen LogP contribution is -2.08. The summed E-state index contributed by atoms with van der Waals surface area (Å²) in [5, 5.41) is 12.8. The Bertz CT molecular complexity index is 517. The van der Waals surface area contributed by atoms with E-state index in [1.165, 1.54) is 10.6 Å². The number of carboxylic acid groups (broad SMARTS) is 1. The molecule has 0 aliphatic carbocycles. The number of carbonyl (C=O) groups is 1. The molecule has 0 radical (unpaired) electrons. The molecule has 6 heteroatoms. The third-order valence-corrected chi connectivity index (χ3v) is 1.81. The summed E-state index contributed by atoms with van der Waals surface area (Å²) in [4.78, 5) is 14.3. The zero-order valence-corrected chi connectivity index (χ0v) is 7.43. The molecule has 6 nitrogen and oxygen atoms in total. The third-order valence-electron chi connectivity index (χ3n) is 1.81. The van der Waals surface area contributed by atoms with Crippen LogP contribution in [0.1, 0.15) is 16.2 Å². The molecule has 0 fully saturated rings. The van der Waals surface area contributed by atoms with Gasteiger partial charge in [-0.3, -0.25) is 0 Å². The maximum absolute atomic E-state index is 10.7. The number of nitrogens with zero attached hydrogens (tertiary/aromatic N) is 3. The second-order valence-corrected chi connectivity index (χ2v) is 2.93. The highest BCUT2D eigenvalue weighted by atomic mass is 16.4. The maximum atomic E-state index is 10.7. The van der Waals surface area contributed by atoms with Crippen molar-refractivity contribution in [2.45, 2.75) is 6.92 Å². The lowest BCUT2D eigenvalue weighted by molar-refractivity contribution is 0.0690. The lowest BCUT2D eigenvalue weighted by Gasteiger charge is -1.99. The van der Waals surface area contributed by atoms with Crippen molar-refractivity contribution in [3.8, 4) is 0 Å². The summed E-state index contributed by atoms with van der Waals surface area (Å²) in [6.07, 6.45) is 0. The van der Waals surface area contributed by atoms with E-state index in [0.29, 0.717) is 5.52 Å². The molecule has 0 atom stereocenters. The van der Waals surface area contributed by atoms with Gasteiger partial charge in [0.15, 0.2) is 5.69 Å². The quantitative estimate of drug-likeness (QED) is 0.678. The first-order chi connectivity index (χ1) is 6.58. The van der Waals surface area contributed by atoms with E-state index >= 15 is 0 Å². The van der Waals surface area contributed by atoms with Gasteiger partial charge < -0.3 is 10.8 Å². The lowest BCUT2D eigenvalue weighted by atomic mass is 10.3. The van der Waals surface area contributed by atoms with E-state index in [1.807, 2.05) is 0 Å². The predicted octanol–water partition coefficient (Wildman–Crippen LogP) is 0.318. The van der Waals surface area contributed by atoms with Gasteiger partial charge in [-0.2, -0.15) is 5.10 Å². The van der Waals surface area contributed by atoms with Crippen LogP contribution in [0.25, 0.3) is 5.52 Å². The van der Waals surface area contributed by atoms with Crippen LogP contribution >= 0.6 is 0 Å². The number of hydrogen-bond donors (Lipinski definition) is 2. The molecule has 0 saturated heterocycles. The van der Waals surface area contributed by atoms with Gasteiger partial charge in [-0.05, 0) is 19.1 Å². The molecule has 0 amide bonds. The average molecular weight is 192 g/mol. The number of fused-ring (bicyclic) bond motifs is 1. The highest BCUT2D eigenvalue weighted by molar-refractivity contribution is 5.87. The second-order valence-electron chi connectivity index (χ2n) is 2.93. The van der Waals surface area contributed by atoms with Crippen LogP contribution in [-0.2, 0) is 0 Å². The van der Waals surface area contributed by atoms with Gasteiger partial charge in [-0.1, -0.05) is 0 Å². The Hall–Kier alpha value is -2.11. The largest absolute Gasteiger partial charge is 0.477 e. The smallest absolute Gasteiger partial charge is 0.354 e. The summed E-state index contributed by atoms with van der Waals surface area (Å²) in [7, 11) is 0. The summed E-state index contributed by atoms with van der Waals surface area (Å²) in [5.41, 5.74) is 6.86. The van der Waals surface area contributed by atoms with Crippen LogP contribution in [0.2, 0.25) is 0 Å². The van der Waals surface area contributed by atoms with Crippen LogP contribution in [-0.4, -0.2) is 25.7 Å². The van der Waals surface area contributed by atoms with E-state index in [2.05, 4.69) is 10.1 Å². The van der Waals surface area contributed by atoms with Crippen molar-refractivity contribution in [2.24, 2.45) is 0 Å². The SMILES string of the molecule is Cc1cc2cc(C(=O)O)nc(N)n2n1. The van der Waals surface area contributed by atoms with Crippen LogP contribution in [0.4, 0.5) is 5.95 Å². The van der Waals surface area contributed by atoms with Gasteiger partial charge in [0.25, 0.3) is 0 Å². The van der Waals surface area contributed by atoms with Crippen molar-refractivity contribution in [3.05, 3.63) is 23.5 Å². The summed E-state index contributed by atoms with van der Waals surface area (Å²) in [5.74, 6) is -1.02. The summed E-state index contributed by atoms with van der Waals surface area (Å²) >= 11 is 0. The number of hydrogen-bond acceptors (Lipinski definition) is 4. The Morgan fingerprint density at radius 1 is 1.57 bits per heavy atom. The second kappa shape index (κ2) is 2.69. The number of anilines is 1. The first-order valence-electron chi connectivity index (χ1n) is 3.94. The molecule has 0 unspecified atom stereocenters. The fourth-order valence-electron chi connectivity index (χ4n) is 1.26. The van der Waals surface area contributed by atoms with Crippen molar-refractivity contribution in [2.75, 3.05) is 5.73 Å². The minimum absolute atomic E-state index is 0.0742. The van der Waals surface area contributed by atoms with Crippen molar-refractivity contribution in [1.29, 1.82) is 0 Å². The average Bonchev–Trinajstić information content (AvgIpc) is 2.45. The monoisotopic (exact) mass is 192 g/mol. The van der Waals surface area contributed by atoms with Gasteiger partial charge in [0.1, 0.15) is 0 Å². The molecule has 3 N–H and O–H groups in total. The van der Waals surface area contributed by atoms with E-state index in [1.54, 1.807) is 13.0 Å². The highest BCUT2D eigenvalue weighted by Crippen LogP contribution is 2.11. The predicted molar refractivity (Wildman–Crippen MR) is 49.1 cm³/mol. The fourth-order valence-corrected chi connectivity index (χ4v) is 1.26. The molecule has 2 heterocycles. The molecule has 0 spiro atoms. The number of carboxylic acids is 1. The molecule has 2 aromatic rings. The number of aromatic nitrogens is 3. The Morgan fingerprint density at radius 2 is 2.29 bits per heavy atom. The number of nitrogens with two attached hydrogens (primary N) is 1. The zero-order valence-electron chi connectivity index (χ0n) is 7.43. The zero-order chi connectivity index (χ0) is 10.3. The molecule has 2 rings (SSSR count). The van der Waals surface area contributed by atoms with Crippen LogP contribution in [0.5, 0.6) is 0 Å². The van der Waals surface area contributed by atoms with Gasteiger partial charge >= 0.3 is 5.97 Å². The van der Waals surface area contributed by atoms with Crippen LogP contribution in [0.15, 0.2) is 12.1 Å². The molecular weight excluding hydrogens is 184 g/mol. The minimum Gasteiger partial charge on any atom is -0.477 e. The van der Waals surface area contributed by atoms with E-state index in [0.717, 1.165) is 5.69 Å². The maximum Gasteiger partial charge on any atom is 0.354 e. The number of aromatic carboxylic acids is 1. The van der Waals surface area contributed by atoms with Gasteiger partial charge in [0, 0.05) is 0 Å². The highest BCUT2D eigenvalue weighted by Gasteiger charge is 2.10. The Balaban J connectivity index is 2.77. The molecular formula is C8H8N4O2. The fraction of sp³-hybridized carbons (Fsp3) is 0.125. The van der Waals surface area contributed by atoms with E-state index < -0.39 is 5.97 Å². The summed E-state index contributed by atoms with van der Waals surface area (Å²) in [6, 6.07) is 3.17. The molecule has 0 aliphatic rings. The topological polar surface area (TPSA) is 93.5 Å². The molecule has 14 heavy (non-hydrogen) atoms. The molecule has 0 aromatic carbocycles. The van der Waals surface area contributed by atoms with Gasteiger partial charge in [0.05, 0.1) is 11.2 Å². The molecule has 0 bridgehead atoms. The summed E-state index contributed by atoms with van der Waals surface area (Å²) < 4.78 is 1.40. The molecule has 0 aliphatic heterocycles. The van der Waals surface area contributed by atoms with Crippen molar-refractivity contribution >= 4 is 17.4 Å². The van der Waals surface area contributed by atoms with E-state index in [4.69, 9.17) is 10.8 Å². The van der Waals surface area contributed by atoms with Crippen molar-refractivity contribution in [3.63, 3.8) is 0 Å². The number of aryl methyl sites for hydroxylation is 1. The van der Waals surface area contributed by atoms with Crippen molar-refractivity contribution in [1.82, 2.24) is 14.6 Å². The first-order valence-corrected chi connectivity index (χ1v) is 3.94. The number of nitrogen functional groups attached to an aromatic ring is 1. The molecule has 72 valence electrons. The van der Waals surface area contributed by atoms with E-state index in [-0.39, 0.29) is 11.6 Å².